The van der Waals surface area contributed by atoms with Crippen LogP contribution in [0.3, 0.4) is 0 Å². The molecule has 0 bridgehead atoms. The van der Waals surface area contributed by atoms with E-state index in [1.807, 2.05) is 16.7 Å². The van der Waals surface area contributed by atoms with E-state index in [9.17, 15) is 10.1 Å². The van der Waals surface area contributed by atoms with Gasteiger partial charge in [-0.15, -0.1) is 10.2 Å². The molecular formula is C21H24N8O2. The predicted molar refractivity (Wildman–Crippen MR) is 112 cm³/mol. The smallest absolute Gasteiger partial charge is 0.274 e. The Balaban J connectivity index is 1.39. The van der Waals surface area contributed by atoms with Gasteiger partial charge in [0.25, 0.3) is 5.91 Å². The summed E-state index contributed by atoms with van der Waals surface area (Å²) in [4.78, 5) is 19.9. The Kier molecular flexibility index (Phi) is 5.03. The first-order valence-corrected chi connectivity index (χ1v) is 10.6. The number of rotatable bonds is 5. The van der Waals surface area contributed by atoms with Gasteiger partial charge in [-0.2, -0.15) is 5.26 Å². The molecule has 1 amide bonds. The molecule has 2 aliphatic rings. The highest BCUT2D eigenvalue weighted by Gasteiger charge is 2.23. The van der Waals surface area contributed by atoms with Crippen molar-refractivity contribution in [1.29, 1.82) is 5.26 Å². The van der Waals surface area contributed by atoms with Gasteiger partial charge in [0.2, 0.25) is 5.76 Å². The number of likely N-dealkylation sites (tertiary alicyclic amines) is 1. The van der Waals surface area contributed by atoms with Gasteiger partial charge in [-0.1, -0.05) is 0 Å². The largest absolute Gasteiger partial charge is 0.443 e. The van der Waals surface area contributed by atoms with Crippen LogP contribution in [-0.2, 0) is 19.5 Å². The summed E-state index contributed by atoms with van der Waals surface area (Å²) in [6.45, 7) is 3.16. The molecule has 2 aliphatic heterocycles. The Morgan fingerprint density at radius 3 is 2.94 bits per heavy atom. The molecule has 0 aromatic carbocycles. The second-order valence-electron chi connectivity index (χ2n) is 8.19. The fraction of sp³-hybridized carbons (Fsp3) is 0.476. The minimum Gasteiger partial charge on any atom is -0.443 e. The van der Waals surface area contributed by atoms with Crippen LogP contribution < -0.4 is 10.6 Å². The average molecular weight is 420 g/mol. The van der Waals surface area contributed by atoms with Crippen molar-refractivity contribution in [3.05, 3.63) is 35.2 Å². The van der Waals surface area contributed by atoms with E-state index >= 15 is 0 Å². The van der Waals surface area contributed by atoms with Crippen LogP contribution in [-0.4, -0.2) is 56.7 Å². The van der Waals surface area contributed by atoms with E-state index < -0.39 is 0 Å². The lowest BCUT2D eigenvalue weighted by atomic mass is 10.1. The number of nitriles is 1. The molecule has 3 aromatic rings. The Hall–Kier alpha value is -3.45. The highest BCUT2D eigenvalue weighted by molar-refractivity contribution is 6.04. The number of carbonyl (C=O) groups is 1. The van der Waals surface area contributed by atoms with Crippen molar-refractivity contribution in [3.63, 3.8) is 0 Å². The van der Waals surface area contributed by atoms with Gasteiger partial charge < -0.3 is 24.5 Å². The van der Waals surface area contributed by atoms with Crippen LogP contribution in [0.1, 0.15) is 47.2 Å². The van der Waals surface area contributed by atoms with E-state index in [2.05, 4.69) is 37.8 Å². The molecular weight excluding hydrogens is 396 g/mol. The van der Waals surface area contributed by atoms with Crippen LogP contribution in [0.25, 0.3) is 11.0 Å². The summed E-state index contributed by atoms with van der Waals surface area (Å²) in [5.74, 6) is 2.08. The highest BCUT2D eigenvalue weighted by atomic mass is 16.3. The number of amides is 1. The zero-order chi connectivity index (χ0) is 21.4. The number of fused-ring (bicyclic) bond motifs is 2. The van der Waals surface area contributed by atoms with Crippen LogP contribution in [0, 0.1) is 11.3 Å². The van der Waals surface area contributed by atoms with E-state index in [0.29, 0.717) is 16.8 Å². The number of piperidine rings is 1. The molecule has 1 fully saturated rings. The van der Waals surface area contributed by atoms with Gasteiger partial charge in [0, 0.05) is 30.5 Å². The van der Waals surface area contributed by atoms with Crippen molar-refractivity contribution in [1.82, 2.24) is 30.0 Å². The van der Waals surface area contributed by atoms with Crippen LogP contribution in [0.2, 0.25) is 0 Å². The molecule has 0 unspecified atom stereocenters. The average Bonchev–Trinajstić information content (AvgIpc) is 3.49. The van der Waals surface area contributed by atoms with Crippen molar-refractivity contribution in [2.45, 2.75) is 44.8 Å². The van der Waals surface area contributed by atoms with Gasteiger partial charge in [0.15, 0.2) is 17.1 Å². The standard InChI is InChI=1S/C21H24N8O2/c1-28-7-4-14(5-8-28)24-16-10-13-9-15(11-22)31-20(13)19(25-16)21(30)23-12-18-27-26-17-3-2-6-29(17)18/h9-10,14H,2-8,12H2,1H3,(H,23,30)(H,24,25). The Morgan fingerprint density at radius 1 is 1.29 bits per heavy atom. The zero-order valence-corrected chi connectivity index (χ0v) is 17.4. The third-order valence-electron chi connectivity index (χ3n) is 5.99. The molecule has 0 saturated carbocycles. The maximum atomic E-state index is 13.0. The maximum absolute atomic E-state index is 13.0. The summed E-state index contributed by atoms with van der Waals surface area (Å²) in [5, 5.41) is 24.6. The second kappa shape index (κ2) is 8.00. The quantitative estimate of drug-likeness (QED) is 0.639. The van der Waals surface area contributed by atoms with Crippen LogP contribution in [0.15, 0.2) is 16.5 Å². The molecule has 2 N–H and O–H groups in total. The van der Waals surface area contributed by atoms with Crippen molar-refractivity contribution < 1.29 is 9.21 Å². The van der Waals surface area contributed by atoms with Gasteiger partial charge in [0.05, 0.1) is 6.54 Å². The molecule has 1 saturated heterocycles. The minimum atomic E-state index is -0.369. The number of carbonyl (C=O) groups excluding carboxylic acids is 1. The van der Waals surface area contributed by atoms with Crippen molar-refractivity contribution in [2.75, 3.05) is 25.5 Å². The fourth-order valence-corrected chi connectivity index (χ4v) is 4.28. The van der Waals surface area contributed by atoms with Gasteiger partial charge in [-0.25, -0.2) is 4.98 Å². The lowest BCUT2D eigenvalue weighted by Gasteiger charge is -2.29. The van der Waals surface area contributed by atoms with E-state index in [4.69, 9.17) is 4.42 Å². The fourth-order valence-electron chi connectivity index (χ4n) is 4.28. The summed E-state index contributed by atoms with van der Waals surface area (Å²) in [6, 6.07) is 5.76. The van der Waals surface area contributed by atoms with Crippen molar-refractivity contribution >= 4 is 22.7 Å². The van der Waals surface area contributed by atoms with Crippen LogP contribution in [0.5, 0.6) is 0 Å². The van der Waals surface area contributed by atoms with Gasteiger partial charge in [0.1, 0.15) is 17.7 Å². The third kappa shape index (κ3) is 3.84. The molecule has 10 nitrogen and oxygen atoms in total. The maximum Gasteiger partial charge on any atom is 0.274 e. The first kappa shape index (κ1) is 19.5. The lowest BCUT2D eigenvalue weighted by molar-refractivity contribution is 0.0945. The zero-order valence-electron chi connectivity index (χ0n) is 17.4. The van der Waals surface area contributed by atoms with Gasteiger partial charge in [-0.05, 0) is 45.5 Å². The topological polar surface area (TPSA) is 125 Å². The molecule has 0 aliphatic carbocycles. The normalized spacial score (nSPS) is 16.9. The summed E-state index contributed by atoms with van der Waals surface area (Å²) in [6.07, 6.45) is 3.97. The molecule has 0 radical (unpaired) electrons. The molecule has 0 spiro atoms. The summed E-state index contributed by atoms with van der Waals surface area (Å²) >= 11 is 0. The monoisotopic (exact) mass is 420 g/mol. The Labute approximate surface area is 179 Å². The highest BCUT2D eigenvalue weighted by Crippen LogP contribution is 2.26. The van der Waals surface area contributed by atoms with Crippen LogP contribution in [0.4, 0.5) is 5.82 Å². The predicted octanol–water partition coefficient (Wildman–Crippen LogP) is 1.67. The number of anilines is 1. The number of nitrogens with zero attached hydrogens (tertiary/aromatic N) is 6. The van der Waals surface area contributed by atoms with Gasteiger partial charge in [-0.3, -0.25) is 4.79 Å². The number of pyridine rings is 1. The molecule has 31 heavy (non-hydrogen) atoms. The number of hydrogen-bond donors (Lipinski definition) is 2. The van der Waals surface area contributed by atoms with Crippen molar-refractivity contribution in [2.24, 2.45) is 0 Å². The Morgan fingerprint density at radius 2 is 2.13 bits per heavy atom. The summed E-state index contributed by atoms with van der Waals surface area (Å²) in [7, 11) is 2.11. The molecule has 5 heterocycles. The molecule has 160 valence electrons. The number of furan rings is 1. The van der Waals surface area contributed by atoms with Crippen molar-refractivity contribution in [3.8, 4) is 6.07 Å². The third-order valence-corrected chi connectivity index (χ3v) is 5.99. The van der Waals surface area contributed by atoms with Crippen LogP contribution >= 0.6 is 0 Å². The van der Waals surface area contributed by atoms with E-state index in [-0.39, 0.29) is 29.9 Å². The minimum absolute atomic E-state index is 0.151. The molecule has 0 atom stereocenters. The second-order valence-corrected chi connectivity index (χ2v) is 8.19. The summed E-state index contributed by atoms with van der Waals surface area (Å²) < 4.78 is 7.63. The van der Waals surface area contributed by atoms with E-state index in [0.717, 1.165) is 57.0 Å². The molecule has 5 rings (SSSR count). The number of hydrogen-bond acceptors (Lipinski definition) is 8. The number of aromatic nitrogens is 4. The molecule has 10 heteroatoms. The number of nitrogens with one attached hydrogen (secondary N) is 2. The SMILES string of the molecule is CN1CCC(Nc2cc3cc(C#N)oc3c(C(=O)NCc3nnc4n3CCC4)n2)CC1. The number of aryl methyl sites for hydroxylation is 1. The van der Waals surface area contributed by atoms with E-state index in [1.54, 1.807) is 6.07 Å². The first-order valence-electron chi connectivity index (χ1n) is 10.6. The summed E-state index contributed by atoms with van der Waals surface area (Å²) in [5.41, 5.74) is 0.477. The Bertz CT molecular complexity index is 1170. The lowest BCUT2D eigenvalue weighted by Crippen LogP contribution is -2.37. The molecule has 3 aromatic heterocycles. The van der Waals surface area contributed by atoms with E-state index in [1.165, 1.54) is 0 Å². The first-order chi connectivity index (χ1) is 15.1. The van der Waals surface area contributed by atoms with Gasteiger partial charge >= 0.3 is 0 Å².